The van der Waals surface area contributed by atoms with E-state index in [-0.39, 0.29) is 18.0 Å². The van der Waals surface area contributed by atoms with Crippen molar-refractivity contribution >= 4 is 11.9 Å². The number of hydrazone groups is 1. The summed E-state index contributed by atoms with van der Waals surface area (Å²) in [6.07, 6.45) is 4.74. The maximum Gasteiger partial charge on any atom is 0.151 e. The van der Waals surface area contributed by atoms with Crippen LogP contribution >= 0.6 is 0 Å². The summed E-state index contributed by atoms with van der Waals surface area (Å²) < 4.78 is 26.7. The molecule has 1 saturated carbocycles. The predicted octanol–water partition coefficient (Wildman–Crippen LogP) is 2.27. The lowest BCUT2D eigenvalue weighted by molar-refractivity contribution is 0.339. The fourth-order valence-corrected chi connectivity index (χ4v) is 2.87. The smallest absolute Gasteiger partial charge is 0.151 e. The lowest BCUT2D eigenvalue weighted by Crippen LogP contribution is -2.45. The first-order valence-corrected chi connectivity index (χ1v) is 6.21. The van der Waals surface area contributed by atoms with Crippen molar-refractivity contribution in [3.05, 3.63) is 29.8 Å². The highest BCUT2D eigenvalue weighted by Gasteiger charge is 2.38. The molecular weight excluding hydrogens is 236 g/mol. The highest BCUT2D eigenvalue weighted by atomic mass is 19.1. The lowest BCUT2D eigenvalue weighted by Gasteiger charge is -2.34. The molecule has 18 heavy (non-hydrogen) atoms. The van der Waals surface area contributed by atoms with Crippen LogP contribution in [0, 0.1) is 17.6 Å². The minimum atomic E-state index is -0.577. The summed E-state index contributed by atoms with van der Waals surface area (Å²) in [5, 5.41) is 5.91. The van der Waals surface area contributed by atoms with Gasteiger partial charge in [-0.15, -0.1) is 0 Å². The molecule has 5 heteroatoms. The summed E-state index contributed by atoms with van der Waals surface area (Å²) >= 11 is 0. The number of nitrogens with zero attached hydrogens (tertiary/aromatic N) is 2. The third kappa shape index (κ3) is 1.79. The summed E-state index contributed by atoms with van der Waals surface area (Å²) in [7, 11) is 0. The van der Waals surface area contributed by atoms with Crippen LogP contribution in [-0.4, -0.2) is 18.3 Å². The standard InChI is InChI=1S/C13H15F2N3/c14-8-4-5-13(10(15)6-8)18-12-3-1-2-11(16)9(12)7-17-18/h4-7,9,11-12H,1-3,16H2. The molecule has 1 aliphatic heterocycles. The van der Waals surface area contributed by atoms with Gasteiger partial charge < -0.3 is 5.73 Å². The van der Waals surface area contributed by atoms with Gasteiger partial charge in [-0.1, -0.05) is 0 Å². The Morgan fingerprint density at radius 3 is 2.89 bits per heavy atom. The highest BCUT2D eigenvalue weighted by molar-refractivity contribution is 5.71. The van der Waals surface area contributed by atoms with Crippen LogP contribution in [0.3, 0.4) is 0 Å². The fourth-order valence-electron chi connectivity index (χ4n) is 2.87. The Labute approximate surface area is 104 Å². The molecule has 96 valence electrons. The molecule has 0 saturated heterocycles. The Kier molecular flexibility index (Phi) is 2.78. The van der Waals surface area contributed by atoms with Gasteiger partial charge in [0.1, 0.15) is 5.82 Å². The van der Waals surface area contributed by atoms with Gasteiger partial charge in [-0.25, -0.2) is 8.78 Å². The first-order chi connectivity index (χ1) is 8.66. The second kappa shape index (κ2) is 4.31. The number of hydrogen-bond donors (Lipinski definition) is 1. The molecule has 0 spiro atoms. The average Bonchev–Trinajstić information content (AvgIpc) is 2.74. The monoisotopic (exact) mass is 251 g/mol. The molecule has 3 rings (SSSR count). The van der Waals surface area contributed by atoms with Crippen LogP contribution in [0.15, 0.2) is 23.3 Å². The van der Waals surface area contributed by atoms with Gasteiger partial charge in [-0.2, -0.15) is 5.10 Å². The first kappa shape index (κ1) is 11.6. The zero-order chi connectivity index (χ0) is 12.7. The van der Waals surface area contributed by atoms with Gasteiger partial charge in [-0.3, -0.25) is 5.01 Å². The van der Waals surface area contributed by atoms with E-state index < -0.39 is 11.6 Å². The van der Waals surface area contributed by atoms with E-state index in [4.69, 9.17) is 5.73 Å². The number of halogens is 2. The molecule has 2 aliphatic rings. The number of nitrogens with two attached hydrogens (primary N) is 1. The predicted molar refractivity (Wildman–Crippen MR) is 66.4 cm³/mol. The van der Waals surface area contributed by atoms with Crippen LogP contribution in [-0.2, 0) is 0 Å². The van der Waals surface area contributed by atoms with E-state index >= 15 is 0 Å². The van der Waals surface area contributed by atoms with Gasteiger partial charge in [-0.05, 0) is 31.4 Å². The normalized spacial score (nSPS) is 30.6. The van der Waals surface area contributed by atoms with E-state index in [1.165, 1.54) is 12.1 Å². The van der Waals surface area contributed by atoms with Crippen LogP contribution in [0.1, 0.15) is 19.3 Å². The third-order valence-electron chi connectivity index (χ3n) is 3.81. The molecule has 0 aromatic heterocycles. The number of hydrogen-bond acceptors (Lipinski definition) is 3. The Hall–Kier alpha value is -1.49. The quantitative estimate of drug-likeness (QED) is 0.832. The van der Waals surface area contributed by atoms with E-state index in [1.807, 2.05) is 0 Å². The first-order valence-electron chi connectivity index (χ1n) is 6.21. The maximum atomic E-state index is 13.8. The second-order valence-corrected chi connectivity index (χ2v) is 4.94. The van der Waals surface area contributed by atoms with Crippen molar-refractivity contribution in [3.63, 3.8) is 0 Å². The fraction of sp³-hybridized carbons (Fsp3) is 0.462. The second-order valence-electron chi connectivity index (χ2n) is 4.94. The molecule has 1 heterocycles. The minimum absolute atomic E-state index is 0.0843. The maximum absolute atomic E-state index is 13.8. The van der Waals surface area contributed by atoms with E-state index in [0.717, 1.165) is 25.3 Å². The van der Waals surface area contributed by atoms with Gasteiger partial charge in [0, 0.05) is 24.2 Å². The zero-order valence-corrected chi connectivity index (χ0v) is 9.89. The van der Waals surface area contributed by atoms with Gasteiger partial charge in [0.25, 0.3) is 0 Å². The molecule has 2 N–H and O–H groups in total. The van der Waals surface area contributed by atoms with E-state index in [9.17, 15) is 8.78 Å². The number of fused-ring (bicyclic) bond motifs is 1. The Morgan fingerprint density at radius 2 is 2.11 bits per heavy atom. The molecule has 3 nitrogen and oxygen atoms in total. The average molecular weight is 251 g/mol. The summed E-state index contributed by atoms with van der Waals surface area (Å²) in [6.45, 7) is 0. The zero-order valence-electron chi connectivity index (χ0n) is 9.89. The third-order valence-corrected chi connectivity index (χ3v) is 3.81. The summed E-state index contributed by atoms with van der Waals surface area (Å²) in [6, 6.07) is 3.77. The van der Waals surface area contributed by atoms with Gasteiger partial charge in [0.2, 0.25) is 0 Å². The highest BCUT2D eigenvalue weighted by Crippen LogP contribution is 2.35. The van der Waals surface area contributed by atoms with E-state index in [0.29, 0.717) is 5.69 Å². The number of benzene rings is 1. The molecular formula is C13H15F2N3. The summed E-state index contributed by atoms with van der Waals surface area (Å²) in [5.74, 6) is -0.980. The molecule has 0 bridgehead atoms. The van der Waals surface area contributed by atoms with Crippen LogP contribution < -0.4 is 10.7 Å². The molecule has 0 radical (unpaired) electrons. The lowest BCUT2D eigenvalue weighted by atomic mass is 9.82. The molecule has 1 aromatic rings. The minimum Gasteiger partial charge on any atom is -0.327 e. The summed E-state index contributed by atoms with van der Waals surface area (Å²) in [4.78, 5) is 0. The van der Waals surface area contributed by atoms with Crippen LogP contribution in [0.5, 0.6) is 0 Å². The molecule has 3 unspecified atom stereocenters. The number of rotatable bonds is 1. The SMILES string of the molecule is NC1CCCC2C1C=NN2c1ccc(F)cc1F. The van der Waals surface area contributed by atoms with Crippen LogP contribution in [0.4, 0.5) is 14.5 Å². The van der Waals surface area contributed by atoms with E-state index in [1.54, 1.807) is 11.2 Å². The van der Waals surface area contributed by atoms with Crippen molar-refractivity contribution in [2.75, 3.05) is 5.01 Å². The van der Waals surface area contributed by atoms with Crippen LogP contribution in [0.2, 0.25) is 0 Å². The van der Waals surface area contributed by atoms with Crippen molar-refractivity contribution in [1.82, 2.24) is 0 Å². The van der Waals surface area contributed by atoms with Crippen LogP contribution in [0.25, 0.3) is 0 Å². The van der Waals surface area contributed by atoms with Gasteiger partial charge in [0.15, 0.2) is 5.82 Å². The van der Waals surface area contributed by atoms with Crippen molar-refractivity contribution < 1.29 is 8.78 Å². The molecule has 1 aromatic carbocycles. The number of anilines is 1. The van der Waals surface area contributed by atoms with Gasteiger partial charge >= 0.3 is 0 Å². The van der Waals surface area contributed by atoms with Crippen molar-refractivity contribution in [2.24, 2.45) is 16.8 Å². The Morgan fingerprint density at radius 1 is 1.28 bits per heavy atom. The molecule has 1 aliphatic carbocycles. The van der Waals surface area contributed by atoms with Crippen molar-refractivity contribution in [1.29, 1.82) is 0 Å². The molecule has 0 amide bonds. The topological polar surface area (TPSA) is 41.6 Å². The molecule has 1 fully saturated rings. The molecule has 3 atom stereocenters. The van der Waals surface area contributed by atoms with Crippen molar-refractivity contribution in [3.8, 4) is 0 Å². The van der Waals surface area contributed by atoms with Gasteiger partial charge in [0.05, 0.1) is 11.7 Å². The largest absolute Gasteiger partial charge is 0.327 e. The Bertz CT molecular complexity index is 489. The van der Waals surface area contributed by atoms with Crippen molar-refractivity contribution in [2.45, 2.75) is 31.3 Å². The Balaban J connectivity index is 1.91. The summed E-state index contributed by atoms with van der Waals surface area (Å²) in [5.41, 5.74) is 6.38. The van der Waals surface area contributed by atoms with E-state index in [2.05, 4.69) is 5.10 Å².